The summed E-state index contributed by atoms with van der Waals surface area (Å²) in [6.07, 6.45) is 0. The number of rotatable bonds is 6. The minimum absolute atomic E-state index is 0.0406. The van der Waals surface area contributed by atoms with Crippen molar-refractivity contribution in [2.45, 2.75) is 0 Å². The average Bonchev–Trinajstić information content (AvgIpc) is 3.82. The first-order chi connectivity index (χ1) is 29.0. The van der Waals surface area contributed by atoms with Gasteiger partial charge >= 0.3 is 0 Å². The molecule has 2 heterocycles. The van der Waals surface area contributed by atoms with E-state index in [0.29, 0.717) is 16.5 Å². The zero-order valence-electron chi connectivity index (χ0n) is 33.4. The molecule has 2 nitrogen and oxygen atoms in total. The fourth-order valence-electron chi connectivity index (χ4n) is 8.31. The summed E-state index contributed by atoms with van der Waals surface area (Å²) in [6.45, 7) is 0. The molecule has 0 atom stereocenters. The molecule has 0 bridgehead atoms. The van der Waals surface area contributed by atoms with Crippen molar-refractivity contribution in [3.05, 3.63) is 218 Å². The summed E-state index contributed by atoms with van der Waals surface area (Å²) in [6, 6.07) is 69.4. The van der Waals surface area contributed by atoms with Gasteiger partial charge in [-0.25, -0.2) is 0 Å². The molecular weight excluding hydrogens is 677 g/mol. The predicted molar refractivity (Wildman–Crippen MR) is 237 cm³/mol. The Morgan fingerprint density at radius 3 is 1.43 bits per heavy atom. The Hall–Kier alpha value is -7.42. The van der Waals surface area contributed by atoms with Gasteiger partial charge in [0.05, 0.1) is 26.2 Å². The van der Waals surface area contributed by atoms with Gasteiger partial charge in [0.2, 0.25) is 0 Å². The molecule has 0 fully saturated rings. The first-order valence-electron chi connectivity index (χ1n) is 20.5. The van der Waals surface area contributed by atoms with Crippen LogP contribution in [0.15, 0.2) is 218 Å². The Bertz CT molecular complexity index is 3370. The third kappa shape index (κ3) is 5.34. The van der Waals surface area contributed by atoms with Crippen LogP contribution in [-0.2, 0) is 0 Å². The van der Waals surface area contributed by atoms with Gasteiger partial charge in [-0.1, -0.05) is 158 Å². The maximum Gasteiger partial charge on any atom is 0.0645 e. The smallest absolute Gasteiger partial charge is 0.0645 e. The number of hydrogen-bond donors (Lipinski definition) is 0. The molecule has 0 saturated heterocycles. The van der Waals surface area contributed by atoms with Crippen LogP contribution in [0.5, 0.6) is 0 Å². The zero-order valence-corrected chi connectivity index (χ0v) is 30.4. The van der Waals surface area contributed by atoms with Crippen molar-refractivity contribution in [3.8, 4) is 55.9 Å². The Morgan fingerprint density at radius 2 is 0.732 bits per heavy atom. The molecule has 262 valence electrons. The lowest BCUT2D eigenvalue weighted by Gasteiger charge is -2.10. The Balaban J connectivity index is 1.08. The molecule has 2 heteroatoms. The molecule has 0 saturated carbocycles. The maximum absolute atomic E-state index is 9.88. The van der Waals surface area contributed by atoms with Crippen LogP contribution < -0.4 is 0 Å². The lowest BCUT2D eigenvalue weighted by molar-refractivity contribution is 1.18. The topological polar surface area (TPSA) is 9.86 Å². The summed E-state index contributed by atoms with van der Waals surface area (Å²) in [5.41, 5.74) is 13.5. The minimum atomic E-state index is 0.0406. The van der Waals surface area contributed by atoms with E-state index in [1.54, 1.807) is 0 Å². The number of aromatic nitrogens is 2. The van der Waals surface area contributed by atoms with E-state index in [4.69, 9.17) is 0 Å². The van der Waals surface area contributed by atoms with Crippen LogP contribution in [0.3, 0.4) is 0 Å². The highest BCUT2D eigenvalue weighted by Crippen LogP contribution is 2.40. The van der Waals surface area contributed by atoms with Crippen LogP contribution >= 0.6 is 0 Å². The molecular formula is C54H36N2. The number of para-hydroxylation sites is 2. The van der Waals surface area contributed by atoms with E-state index >= 15 is 0 Å². The fourth-order valence-corrected chi connectivity index (χ4v) is 8.31. The van der Waals surface area contributed by atoms with E-state index in [9.17, 15) is 4.11 Å². The molecule has 0 amide bonds. The first kappa shape index (κ1) is 29.0. The van der Waals surface area contributed by atoms with Crippen LogP contribution in [0.25, 0.3) is 99.5 Å². The van der Waals surface area contributed by atoms with Gasteiger partial charge in [-0.2, -0.15) is 0 Å². The molecule has 56 heavy (non-hydrogen) atoms. The lowest BCUT2D eigenvalue weighted by atomic mass is 9.98. The number of fused-ring (bicyclic) bond motifs is 6. The van der Waals surface area contributed by atoms with E-state index in [1.165, 1.54) is 11.1 Å². The van der Waals surface area contributed by atoms with Gasteiger partial charge in [-0.05, 0) is 105 Å². The monoisotopic (exact) mass is 715 g/mol. The maximum atomic E-state index is 9.88. The van der Waals surface area contributed by atoms with Crippen molar-refractivity contribution in [2.75, 3.05) is 0 Å². The van der Waals surface area contributed by atoms with Crippen molar-refractivity contribution in [1.82, 2.24) is 9.13 Å². The molecule has 0 N–H and O–H groups in total. The standard InChI is InChI=1S/C54H36N2/c1-4-12-37(13-5-1)39-20-22-41(23-21-39)44-26-31-48-50-35-43(28-33-53(50)56(54(48)36-44)45-16-8-3-9-17-45)42-27-32-52-49(34-42)47-18-10-11-19-51(47)55(52)46-29-24-40(25-30-46)38-14-6-2-7-15-38/h1-36H/i28D,33D,35D. The van der Waals surface area contributed by atoms with Crippen LogP contribution in [0.1, 0.15) is 4.11 Å². The Kier molecular flexibility index (Phi) is 6.81. The van der Waals surface area contributed by atoms with E-state index in [-0.39, 0.29) is 18.1 Å². The van der Waals surface area contributed by atoms with Gasteiger partial charge in [-0.15, -0.1) is 0 Å². The van der Waals surface area contributed by atoms with Gasteiger partial charge in [0.25, 0.3) is 0 Å². The first-order valence-corrected chi connectivity index (χ1v) is 19.0. The molecule has 0 aliphatic rings. The van der Waals surface area contributed by atoms with Gasteiger partial charge in [0.1, 0.15) is 0 Å². The van der Waals surface area contributed by atoms with Gasteiger partial charge < -0.3 is 9.13 Å². The van der Waals surface area contributed by atoms with E-state index < -0.39 is 0 Å². The van der Waals surface area contributed by atoms with E-state index in [1.807, 2.05) is 48.5 Å². The quantitative estimate of drug-likeness (QED) is 0.162. The van der Waals surface area contributed by atoms with Crippen molar-refractivity contribution in [2.24, 2.45) is 0 Å². The molecule has 0 unspecified atom stereocenters. The van der Waals surface area contributed by atoms with Crippen LogP contribution in [0.2, 0.25) is 0 Å². The molecule has 0 spiro atoms. The number of hydrogen-bond acceptors (Lipinski definition) is 0. The van der Waals surface area contributed by atoms with E-state index in [0.717, 1.165) is 71.9 Å². The summed E-state index contributed by atoms with van der Waals surface area (Å²) in [5, 5.41) is 3.67. The highest BCUT2D eigenvalue weighted by Gasteiger charge is 2.17. The summed E-state index contributed by atoms with van der Waals surface area (Å²) in [7, 11) is 0. The third-order valence-electron chi connectivity index (χ3n) is 11.1. The van der Waals surface area contributed by atoms with Crippen LogP contribution in [-0.4, -0.2) is 9.13 Å². The van der Waals surface area contributed by atoms with Crippen LogP contribution in [0, 0.1) is 0 Å². The average molecular weight is 716 g/mol. The van der Waals surface area contributed by atoms with Gasteiger partial charge in [0, 0.05) is 32.9 Å². The summed E-state index contributed by atoms with van der Waals surface area (Å²) >= 11 is 0. The Labute approximate surface area is 330 Å². The SMILES string of the molecule is [2H]c1c(-c2ccc3c(c2)c2ccccc2n3-c2ccc(-c3ccccc3)cc2)c([2H])c2c3ccc(-c4ccc(-c5ccccc5)cc4)cc3n(-c3ccccc3)c2c1[2H]. The Morgan fingerprint density at radius 1 is 0.268 bits per heavy atom. The van der Waals surface area contributed by atoms with Crippen LogP contribution in [0.4, 0.5) is 0 Å². The third-order valence-corrected chi connectivity index (χ3v) is 11.1. The zero-order chi connectivity index (χ0) is 39.6. The number of nitrogens with zero attached hydrogens (tertiary/aromatic N) is 2. The van der Waals surface area contributed by atoms with Gasteiger partial charge in [-0.3, -0.25) is 0 Å². The van der Waals surface area contributed by atoms with Crippen molar-refractivity contribution in [3.63, 3.8) is 0 Å². The van der Waals surface area contributed by atoms with Crippen molar-refractivity contribution in [1.29, 1.82) is 0 Å². The number of benzene rings is 9. The highest BCUT2D eigenvalue weighted by atomic mass is 15.0. The molecule has 0 radical (unpaired) electrons. The molecule has 0 aliphatic heterocycles. The van der Waals surface area contributed by atoms with Crippen molar-refractivity contribution < 1.29 is 4.11 Å². The predicted octanol–water partition coefficient (Wildman–Crippen LogP) is 14.5. The molecule has 2 aromatic heterocycles. The second-order valence-corrected chi connectivity index (χ2v) is 14.3. The fraction of sp³-hybridized carbons (Fsp3) is 0. The molecule has 9 aromatic carbocycles. The minimum Gasteiger partial charge on any atom is -0.309 e. The molecule has 11 rings (SSSR count). The second-order valence-electron chi connectivity index (χ2n) is 14.3. The lowest BCUT2D eigenvalue weighted by Crippen LogP contribution is -1.94. The largest absolute Gasteiger partial charge is 0.309 e. The molecule has 11 aromatic rings. The van der Waals surface area contributed by atoms with Gasteiger partial charge in [0.15, 0.2) is 0 Å². The summed E-state index contributed by atoms with van der Waals surface area (Å²) < 4.78 is 33.4. The molecule has 0 aliphatic carbocycles. The highest BCUT2D eigenvalue weighted by molar-refractivity contribution is 6.13. The van der Waals surface area contributed by atoms with E-state index in [2.05, 4.69) is 161 Å². The summed E-state index contributed by atoms with van der Waals surface area (Å²) in [4.78, 5) is 0. The normalized spacial score (nSPS) is 12.3. The second kappa shape index (κ2) is 13.2. The summed E-state index contributed by atoms with van der Waals surface area (Å²) in [5.74, 6) is 0. The van der Waals surface area contributed by atoms with Crippen molar-refractivity contribution >= 4 is 43.6 Å².